The van der Waals surface area contributed by atoms with Gasteiger partial charge in [0.15, 0.2) is 0 Å². The number of hydrogen-bond donors (Lipinski definition) is 1. The Labute approximate surface area is 161 Å². The average molecular weight is 385 g/mol. The molecule has 1 aliphatic rings. The predicted molar refractivity (Wildman–Crippen MR) is 105 cm³/mol. The number of benzene rings is 2. The molecule has 1 heterocycles. The summed E-state index contributed by atoms with van der Waals surface area (Å²) in [7, 11) is -3.36. The van der Waals surface area contributed by atoms with Crippen molar-refractivity contribution in [1.29, 1.82) is 5.26 Å². The number of nitrogens with one attached hydrogen (secondary N) is 1. The minimum atomic E-state index is -3.36. The largest absolute Gasteiger partial charge is 0.372 e. The Morgan fingerprint density at radius 1 is 1.15 bits per heavy atom. The van der Waals surface area contributed by atoms with E-state index in [2.05, 4.69) is 10.8 Å². The van der Waals surface area contributed by atoms with E-state index in [4.69, 9.17) is 4.74 Å². The first kappa shape index (κ1) is 19.6. The number of nitrogens with zero attached hydrogens (tertiary/aromatic N) is 1. The van der Waals surface area contributed by atoms with Crippen LogP contribution in [0.15, 0.2) is 48.5 Å². The van der Waals surface area contributed by atoms with Crippen molar-refractivity contribution in [3.05, 3.63) is 59.7 Å². The molecule has 3 rings (SSSR count). The van der Waals surface area contributed by atoms with Crippen LogP contribution in [0, 0.1) is 11.3 Å². The lowest BCUT2D eigenvalue weighted by Gasteiger charge is -2.33. The molecule has 6 heteroatoms. The van der Waals surface area contributed by atoms with E-state index >= 15 is 0 Å². The normalized spacial score (nSPS) is 20.4. The molecule has 0 saturated carbocycles. The zero-order chi connectivity index (χ0) is 19.4. The SMILES string of the molecule is CC(C)S(=O)(=O)N[C@H]1CCCO[C@@H]1c1ccc(-c2ccccc2C#N)cc1. The highest BCUT2D eigenvalue weighted by atomic mass is 32.2. The zero-order valence-electron chi connectivity index (χ0n) is 15.6. The first-order valence-corrected chi connectivity index (χ1v) is 10.7. The molecule has 2 aromatic carbocycles. The highest BCUT2D eigenvalue weighted by Crippen LogP contribution is 2.31. The van der Waals surface area contributed by atoms with Gasteiger partial charge in [0.05, 0.1) is 29.0 Å². The lowest BCUT2D eigenvalue weighted by Crippen LogP contribution is -2.45. The molecule has 142 valence electrons. The molecule has 0 bridgehead atoms. The van der Waals surface area contributed by atoms with Crippen LogP contribution in [0.5, 0.6) is 0 Å². The first-order valence-electron chi connectivity index (χ1n) is 9.14. The van der Waals surface area contributed by atoms with Gasteiger partial charge >= 0.3 is 0 Å². The van der Waals surface area contributed by atoms with Gasteiger partial charge in [-0.3, -0.25) is 0 Å². The summed E-state index contributed by atoms with van der Waals surface area (Å²) in [5.74, 6) is 0. The molecule has 1 fully saturated rings. The summed E-state index contributed by atoms with van der Waals surface area (Å²) in [5, 5.41) is 8.81. The summed E-state index contributed by atoms with van der Waals surface area (Å²) in [4.78, 5) is 0. The van der Waals surface area contributed by atoms with Crippen LogP contribution < -0.4 is 4.72 Å². The maximum Gasteiger partial charge on any atom is 0.214 e. The minimum absolute atomic E-state index is 0.275. The van der Waals surface area contributed by atoms with E-state index in [0.29, 0.717) is 12.2 Å². The van der Waals surface area contributed by atoms with Crippen molar-refractivity contribution in [2.45, 2.75) is 44.1 Å². The molecule has 2 aromatic rings. The fraction of sp³-hybridized carbons (Fsp3) is 0.381. The second-order valence-electron chi connectivity index (χ2n) is 7.03. The van der Waals surface area contributed by atoms with Gasteiger partial charge in [-0.25, -0.2) is 13.1 Å². The molecule has 1 aliphatic heterocycles. The fourth-order valence-corrected chi connectivity index (χ4v) is 4.20. The average Bonchev–Trinajstić information content (AvgIpc) is 2.68. The maximum absolute atomic E-state index is 12.3. The third-order valence-electron chi connectivity index (χ3n) is 4.86. The van der Waals surface area contributed by atoms with Crippen molar-refractivity contribution < 1.29 is 13.2 Å². The Balaban J connectivity index is 1.85. The summed E-state index contributed by atoms with van der Waals surface area (Å²) in [5.41, 5.74) is 3.39. The van der Waals surface area contributed by atoms with E-state index in [9.17, 15) is 13.7 Å². The summed E-state index contributed by atoms with van der Waals surface area (Å²) < 4.78 is 33.3. The van der Waals surface area contributed by atoms with Crippen molar-refractivity contribution in [2.24, 2.45) is 0 Å². The molecule has 2 atom stereocenters. The van der Waals surface area contributed by atoms with Crippen LogP contribution in [0.2, 0.25) is 0 Å². The standard InChI is InChI=1S/C21H24N2O3S/c1-15(2)27(24,25)23-20-8-5-13-26-21(20)17-11-9-16(10-12-17)19-7-4-3-6-18(19)14-22/h3-4,6-7,9-12,15,20-21,23H,5,8,13H2,1-2H3/t20-,21+/m0/s1. The lowest BCUT2D eigenvalue weighted by atomic mass is 9.94. The smallest absolute Gasteiger partial charge is 0.214 e. The zero-order valence-corrected chi connectivity index (χ0v) is 16.4. The molecule has 0 spiro atoms. The second kappa shape index (κ2) is 8.22. The Morgan fingerprint density at radius 2 is 1.85 bits per heavy atom. The molecule has 27 heavy (non-hydrogen) atoms. The molecule has 1 saturated heterocycles. The fourth-order valence-electron chi connectivity index (χ4n) is 3.26. The van der Waals surface area contributed by atoms with E-state index in [1.54, 1.807) is 19.9 Å². The third-order valence-corrected chi connectivity index (χ3v) is 6.73. The Hall–Kier alpha value is -2.20. The van der Waals surface area contributed by atoms with Crippen LogP contribution in [0.1, 0.15) is 43.9 Å². The molecular weight excluding hydrogens is 360 g/mol. The van der Waals surface area contributed by atoms with Gasteiger partial charge < -0.3 is 4.74 Å². The second-order valence-corrected chi connectivity index (χ2v) is 9.30. The molecule has 0 radical (unpaired) electrons. The van der Waals surface area contributed by atoms with Crippen LogP contribution in [-0.2, 0) is 14.8 Å². The van der Waals surface area contributed by atoms with Crippen molar-refractivity contribution in [1.82, 2.24) is 4.72 Å². The van der Waals surface area contributed by atoms with Crippen LogP contribution >= 0.6 is 0 Å². The topological polar surface area (TPSA) is 79.2 Å². The number of rotatable bonds is 5. The molecule has 1 N–H and O–H groups in total. The van der Waals surface area contributed by atoms with E-state index in [0.717, 1.165) is 29.5 Å². The Morgan fingerprint density at radius 3 is 2.52 bits per heavy atom. The maximum atomic E-state index is 12.3. The van der Waals surface area contributed by atoms with Crippen molar-refractivity contribution in [3.8, 4) is 17.2 Å². The van der Waals surface area contributed by atoms with Gasteiger partial charge in [-0.15, -0.1) is 0 Å². The molecule has 0 unspecified atom stereocenters. The van der Waals surface area contributed by atoms with Crippen LogP contribution in [0.4, 0.5) is 0 Å². The van der Waals surface area contributed by atoms with E-state index in [1.807, 2.05) is 42.5 Å². The van der Waals surface area contributed by atoms with Gasteiger partial charge in [0.1, 0.15) is 0 Å². The van der Waals surface area contributed by atoms with Crippen molar-refractivity contribution in [3.63, 3.8) is 0 Å². The molecule has 5 nitrogen and oxygen atoms in total. The number of hydrogen-bond acceptors (Lipinski definition) is 4. The Kier molecular flexibility index (Phi) is 5.95. The molecular formula is C21H24N2O3S. The van der Waals surface area contributed by atoms with E-state index < -0.39 is 15.3 Å². The summed E-state index contributed by atoms with van der Waals surface area (Å²) >= 11 is 0. The van der Waals surface area contributed by atoms with E-state index in [1.165, 1.54) is 0 Å². The quantitative estimate of drug-likeness (QED) is 0.851. The predicted octanol–water partition coefficient (Wildman–Crippen LogP) is 3.77. The van der Waals surface area contributed by atoms with Crippen molar-refractivity contribution in [2.75, 3.05) is 6.61 Å². The Bertz CT molecular complexity index is 931. The minimum Gasteiger partial charge on any atom is -0.372 e. The van der Waals surface area contributed by atoms with Gasteiger partial charge in [-0.2, -0.15) is 5.26 Å². The summed E-state index contributed by atoms with van der Waals surface area (Å²) in [6.45, 7) is 3.95. The van der Waals surface area contributed by atoms with Gasteiger partial charge in [-0.1, -0.05) is 42.5 Å². The number of nitriles is 1. The van der Waals surface area contributed by atoms with Crippen LogP contribution in [0.25, 0.3) is 11.1 Å². The lowest BCUT2D eigenvalue weighted by molar-refractivity contribution is -0.00446. The van der Waals surface area contributed by atoms with Crippen molar-refractivity contribution >= 4 is 10.0 Å². The molecule has 0 aliphatic carbocycles. The van der Waals surface area contributed by atoms with Gasteiger partial charge in [0.2, 0.25) is 10.0 Å². The molecule has 0 aromatic heterocycles. The summed E-state index contributed by atoms with van der Waals surface area (Å²) in [6.07, 6.45) is 1.26. The monoisotopic (exact) mass is 384 g/mol. The van der Waals surface area contributed by atoms with Gasteiger partial charge in [0.25, 0.3) is 0 Å². The van der Waals surface area contributed by atoms with Crippen LogP contribution in [0.3, 0.4) is 0 Å². The van der Waals surface area contributed by atoms with Crippen LogP contribution in [-0.4, -0.2) is 26.3 Å². The van der Waals surface area contributed by atoms with E-state index in [-0.39, 0.29) is 12.1 Å². The number of ether oxygens (including phenoxy) is 1. The molecule has 0 amide bonds. The van der Waals surface area contributed by atoms with Gasteiger partial charge in [-0.05, 0) is 49.4 Å². The van der Waals surface area contributed by atoms with Gasteiger partial charge in [0, 0.05) is 6.61 Å². The highest BCUT2D eigenvalue weighted by Gasteiger charge is 2.31. The highest BCUT2D eigenvalue weighted by molar-refractivity contribution is 7.90. The summed E-state index contributed by atoms with van der Waals surface area (Å²) in [6, 6.07) is 17.2. The first-order chi connectivity index (χ1) is 12.9. The number of sulfonamides is 1. The third kappa shape index (κ3) is 4.38.